The number of ketones is 1. The first-order valence-corrected chi connectivity index (χ1v) is 13.2. The number of nitrogens with zero attached hydrogens (tertiary/aromatic N) is 3. The van der Waals surface area contributed by atoms with Gasteiger partial charge in [-0.1, -0.05) is 0 Å². The van der Waals surface area contributed by atoms with E-state index >= 15 is 0 Å². The van der Waals surface area contributed by atoms with Gasteiger partial charge in [0.05, 0.1) is 10.9 Å². The Bertz CT molecular complexity index is 1120. The quantitative estimate of drug-likeness (QED) is 0.608. The fraction of sp³-hybridized carbons (Fsp3) is 0.440. The van der Waals surface area contributed by atoms with Crippen LogP contribution in [0.2, 0.25) is 0 Å². The van der Waals surface area contributed by atoms with E-state index < -0.39 is 10.0 Å². The standard InChI is InChI=1S/C25H32N4O4S/c1-19(27-15-17-28(18-16-27)23-9-5-21(6-10-23)20(2)30)25(31)26-22-7-11-24(12-8-22)34(32,33)29-13-3-4-14-29/h5-12,19H,3-4,13-18H2,1-2H3,(H,26,31). The van der Waals surface area contributed by atoms with E-state index in [-0.39, 0.29) is 22.6 Å². The third kappa shape index (κ3) is 5.32. The van der Waals surface area contributed by atoms with Crippen molar-refractivity contribution in [2.24, 2.45) is 0 Å². The lowest BCUT2D eigenvalue weighted by molar-refractivity contribution is -0.120. The van der Waals surface area contributed by atoms with Crippen LogP contribution in [0.4, 0.5) is 11.4 Å². The lowest BCUT2D eigenvalue weighted by atomic mass is 10.1. The molecule has 2 aromatic rings. The summed E-state index contributed by atoms with van der Waals surface area (Å²) in [5, 5.41) is 2.91. The van der Waals surface area contributed by atoms with Gasteiger partial charge >= 0.3 is 0 Å². The maximum atomic E-state index is 12.8. The topological polar surface area (TPSA) is 90.0 Å². The second-order valence-electron chi connectivity index (χ2n) is 8.93. The van der Waals surface area contributed by atoms with Crippen LogP contribution in [-0.2, 0) is 14.8 Å². The first-order chi connectivity index (χ1) is 16.3. The highest BCUT2D eigenvalue weighted by Crippen LogP contribution is 2.23. The number of benzene rings is 2. The van der Waals surface area contributed by atoms with Gasteiger partial charge in [-0.2, -0.15) is 4.31 Å². The van der Waals surface area contributed by atoms with Crippen LogP contribution >= 0.6 is 0 Å². The lowest BCUT2D eigenvalue weighted by Crippen LogP contribution is -2.52. The Hall–Kier alpha value is -2.75. The van der Waals surface area contributed by atoms with Gasteiger partial charge in [0, 0.05) is 56.2 Å². The van der Waals surface area contributed by atoms with E-state index in [9.17, 15) is 18.0 Å². The summed E-state index contributed by atoms with van der Waals surface area (Å²) in [7, 11) is -3.46. The third-order valence-corrected chi connectivity index (χ3v) is 8.62. The molecule has 2 aliphatic rings. The predicted molar refractivity (Wildman–Crippen MR) is 133 cm³/mol. The smallest absolute Gasteiger partial charge is 0.243 e. The molecule has 1 amide bonds. The Morgan fingerprint density at radius 1 is 0.853 bits per heavy atom. The molecule has 2 aromatic carbocycles. The molecule has 2 saturated heterocycles. The second kappa shape index (κ2) is 10.2. The summed E-state index contributed by atoms with van der Waals surface area (Å²) in [6.07, 6.45) is 1.79. The first kappa shape index (κ1) is 24.4. The number of sulfonamides is 1. The molecule has 1 atom stereocenters. The molecule has 9 heteroatoms. The van der Waals surface area contributed by atoms with Gasteiger partial charge in [0.2, 0.25) is 15.9 Å². The SMILES string of the molecule is CC(=O)c1ccc(N2CCN(C(C)C(=O)Nc3ccc(S(=O)(=O)N4CCCC4)cc3)CC2)cc1. The molecule has 2 aliphatic heterocycles. The minimum atomic E-state index is -3.46. The molecule has 2 fully saturated rings. The van der Waals surface area contributed by atoms with Crippen LogP contribution in [0.25, 0.3) is 0 Å². The maximum Gasteiger partial charge on any atom is 0.243 e. The van der Waals surface area contributed by atoms with Crippen LogP contribution < -0.4 is 10.2 Å². The van der Waals surface area contributed by atoms with Gasteiger partial charge in [-0.25, -0.2) is 8.42 Å². The van der Waals surface area contributed by atoms with Gasteiger partial charge < -0.3 is 10.2 Å². The van der Waals surface area contributed by atoms with Crippen molar-refractivity contribution in [3.63, 3.8) is 0 Å². The molecule has 8 nitrogen and oxygen atoms in total. The van der Waals surface area contributed by atoms with E-state index in [1.165, 1.54) is 4.31 Å². The number of carbonyl (C=O) groups is 2. The number of rotatable bonds is 7. The van der Waals surface area contributed by atoms with Crippen LogP contribution in [0.3, 0.4) is 0 Å². The molecule has 0 radical (unpaired) electrons. The van der Waals surface area contributed by atoms with Gasteiger partial charge in [-0.3, -0.25) is 14.5 Å². The normalized spacial score (nSPS) is 18.6. The molecule has 34 heavy (non-hydrogen) atoms. The zero-order valence-corrected chi connectivity index (χ0v) is 20.6. The third-order valence-electron chi connectivity index (χ3n) is 6.71. The summed E-state index contributed by atoms with van der Waals surface area (Å²) >= 11 is 0. The largest absolute Gasteiger partial charge is 0.369 e. The molecule has 4 rings (SSSR count). The van der Waals surface area contributed by atoms with Crippen molar-refractivity contribution in [1.82, 2.24) is 9.21 Å². The zero-order chi connectivity index (χ0) is 24.3. The van der Waals surface area contributed by atoms with Crippen molar-refractivity contribution >= 4 is 33.1 Å². The number of hydrogen-bond donors (Lipinski definition) is 1. The number of piperazine rings is 1. The van der Waals surface area contributed by atoms with Crippen LogP contribution in [0.5, 0.6) is 0 Å². The van der Waals surface area contributed by atoms with Crippen molar-refractivity contribution < 1.29 is 18.0 Å². The average Bonchev–Trinajstić information content (AvgIpc) is 3.40. The number of nitrogens with one attached hydrogen (secondary N) is 1. The number of carbonyl (C=O) groups excluding carboxylic acids is 2. The summed E-state index contributed by atoms with van der Waals surface area (Å²) < 4.78 is 26.9. The monoisotopic (exact) mass is 484 g/mol. The van der Waals surface area contributed by atoms with Crippen molar-refractivity contribution in [1.29, 1.82) is 0 Å². The highest BCUT2D eigenvalue weighted by molar-refractivity contribution is 7.89. The summed E-state index contributed by atoms with van der Waals surface area (Å²) in [5.41, 5.74) is 2.36. The van der Waals surface area contributed by atoms with Gasteiger partial charge in [-0.15, -0.1) is 0 Å². The Morgan fingerprint density at radius 3 is 2.00 bits per heavy atom. The van der Waals surface area contributed by atoms with Crippen LogP contribution in [0.15, 0.2) is 53.4 Å². The van der Waals surface area contributed by atoms with Gasteiger partial charge in [0.15, 0.2) is 5.78 Å². The van der Waals surface area contributed by atoms with Crippen LogP contribution in [-0.4, -0.2) is 74.6 Å². The summed E-state index contributed by atoms with van der Waals surface area (Å²) in [6, 6.07) is 13.7. The van der Waals surface area contributed by atoms with Crippen molar-refractivity contribution in [3.05, 3.63) is 54.1 Å². The molecule has 2 heterocycles. The van der Waals surface area contributed by atoms with E-state index in [4.69, 9.17) is 0 Å². The van der Waals surface area contributed by atoms with E-state index in [1.54, 1.807) is 31.2 Å². The van der Waals surface area contributed by atoms with E-state index in [0.717, 1.165) is 44.7 Å². The van der Waals surface area contributed by atoms with E-state index in [2.05, 4.69) is 15.1 Å². The molecular weight excluding hydrogens is 452 g/mol. The second-order valence-corrected chi connectivity index (χ2v) is 10.9. The summed E-state index contributed by atoms with van der Waals surface area (Å²) in [6.45, 7) is 7.65. The Morgan fingerprint density at radius 2 is 1.44 bits per heavy atom. The zero-order valence-electron chi connectivity index (χ0n) is 19.7. The van der Waals surface area contributed by atoms with Crippen LogP contribution in [0, 0.1) is 0 Å². The highest BCUT2D eigenvalue weighted by atomic mass is 32.2. The Labute approximate surface area is 201 Å². The van der Waals surface area contributed by atoms with Gasteiger partial charge in [0.25, 0.3) is 0 Å². The number of hydrogen-bond acceptors (Lipinski definition) is 6. The molecule has 0 aliphatic carbocycles. The molecule has 0 aromatic heterocycles. The van der Waals surface area contributed by atoms with E-state index in [1.807, 2.05) is 31.2 Å². The number of Topliss-reactive ketones (excluding diaryl/α,β-unsaturated/α-hetero) is 1. The van der Waals surface area contributed by atoms with Crippen molar-refractivity contribution in [2.75, 3.05) is 49.5 Å². The van der Waals surface area contributed by atoms with Crippen molar-refractivity contribution in [3.8, 4) is 0 Å². The Kier molecular flexibility index (Phi) is 7.35. The average molecular weight is 485 g/mol. The number of anilines is 2. The molecule has 1 unspecified atom stereocenters. The minimum absolute atomic E-state index is 0.0547. The van der Waals surface area contributed by atoms with Gasteiger partial charge in [0.1, 0.15) is 0 Å². The number of amides is 1. The highest BCUT2D eigenvalue weighted by Gasteiger charge is 2.28. The van der Waals surface area contributed by atoms with Crippen LogP contribution in [0.1, 0.15) is 37.0 Å². The lowest BCUT2D eigenvalue weighted by Gasteiger charge is -2.38. The minimum Gasteiger partial charge on any atom is -0.369 e. The summed E-state index contributed by atoms with van der Waals surface area (Å²) in [4.78, 5) is 29.0. The molecule has 0 bridgehead atoms. The fourth-order valence-electron chi connectivity index (χ4n) is 4.47. The maximum absolute atomic E-state index is 12.8. The molecule has 0 saturated carbocycles. The molecule has 0 spiro atoms. The van der Waals surface area contributed by atoms with Gasteiger partial charge in [-0.05, 0) is 75.2 Å². The summed E-state index contributed by atoms with van der Waals surface area (Å²) in [5.74, 6) is -0.0616. The fourth-order valence-corrected chi connectivity index (χ4v) is 5.99. The first-order valence-electron chi connectivity index (χ1n) is 11.8. The molecule has 182 valence electrons. The molecule has 1 N–H and O–H groups in total. The van der Waals surface area contributed by atoms with E-state index in [0.29, 0.717) is 24.3 Å². The molecular formula is C25H32N4O4S. The Balaban J connectivity index is 1.30. The van der Waals surface area contributed by atoms with Crippen molar-refractivity contribution in [2.45, 2.75) is 37.6 Å². The predicted octanol–water partition coefficient (Wildman–Crippen LogP) is 2.82.